The number of carbonyl (C=O) groups is 2. The van der Waals surface area contributed by atoms with E-state index in [1.54, 1.807) is 39.0 Å². The zero-order valence-electron chi connectivity index (χ0n) is 10.6. The number of nitrogen functional groups attached to an aromatic ring is 1. The van der Waals surface area contributed by atoms with E-state index in [0.717, 1.165) is 0 Å². The standard InChI is InChI=1S/C13H17NO4/c1-13(2,3)18-12(17)10(11(15)16)8-5-4-6-9(14)7-8/h4-7,10H,14H2,1-3H3,(H,15,16). The minimum Gasteiger partial charge on any atom is -0.480 e. The number of carboxylic acids is 1. The van der Waals surface area contributed by atoms with Crippen molar-refractivity contribution in [1.82, 2.24) is 0 Å². The van der Waals surface area contributed by atoms with Crippen molar-refractivity contribution in [1.29, 1.82) is 0 Å². The molecule has 0 spiro atoms. The number of benzene rings is 1. The molecule has 0 fully saturated rings. The number of hydrogen-bond donors (Lipinski definition) is 2. The molecule has 1 atom stereocenters. The summed E-state index contributed by atoms with van der Waals surface area (Å²) < 4.78 is 5.09. The van der Waals surface area contributed by atoms with Crippen LogP contribution in [0.25, 0.3) is 0 Å². The van der Waals surface area contributed by atoms with Crippen LogP contribution in [0.2, 0.25) is 0 Å². The van der Waals surface area contributed by atoms with E-state index in [1.807, 2.05) is 0 Å². The summed E-state index contributed by atoms with van der Waals surface area (Å²) in [6, 6.07) is 6.23. The van der Waals surface area contributed by atoms with Crippen LogP contribution in [0.3, 0.4) is 0 Å². The highest BCUT2D eigenvalue weighted by molar-refractivity contribution is 6.00. The van der Waals surface area contributed by atoms with E-state index in [-0.39, 0.29) is 0 Å². The van der Waals surface area contributed by atoms with Gasteiger partial charge in [-0.2, -0.15) is 0 Å². The molecule has 0 aliphatic heterocycles. The molecule has 0 saturated carbocycles. The smallest absolute Gasteiger partial charge is 0.325 e. The summed E-state index contributed by atoms with van der Waals surface area (Å²) in [5.41, 5.74) is 5.57. The van der Waals surface area contributed by atoms with Gasteiger partial charge in [0, 0.05) is 5.69 Å². The zero-order chi connectivity index (χ0) is 13.9. The van der Waals surface area contributed by atoms with E-state index in [9.17, 15) is 9.59 Å². The van der Waals surface area contributed by atoms with E-state index in [2.05, 4.69) is 0 Å². The molecule has 1 aromatic carbocycles. The van der Waals surface area contributed by atoms with E-state index in [4.69, 9.17) is 15.6 Å². The Morgan fingerprint density at radius 1 is 1.33 bits per heavy atom. The summed E-state index contributed by atoms with van der Waals surface area (Å²) in [6.45, 7) is 5.05. The maximum Gasteiger partial charge on any atom is 0.325 e. The lowest BCUT2D eigenvalue weighted by Crippen LogP contribution is -2.31. The fourth-order valence-electron chi connectivity index (χ4n) is 1.48. The van der Waals surface area contributed by atoms with Gasteiger partial charge in [0.2, 0.25) is 0 Å². The molecule has 0 heterocycles. The number of esters is 1. The number of anilines is 1. The highest BCUT2D eigenvalue weighted by atomic mass is 16.6. The summed E-state index contributed by atoms with van der Waals surface area (Å²) >= 11 is 0. The zero-order valence-corrected chi connectivity index (χ0v) is 10.6. The second-order valence-corrected chi connectivity index (χ2v) is 4.97. The van der Waals surface area contributed by atoms with Gasteiger partial charge in [0.15, 0.2) is 5.92 Å². The van der Waals surface area contributed by atoms with Crippen molar-refractivity contribution < 1.29 is 19.4 Å². The number of rotatable bonds is 3. The third kappa shape index (κ3) is 3.76. The van der Waals surface area contributed by atoms with Crippen molar-refractivity contribution in [3.63, 3.8) is 0 Å². The lowest BCUT2D eigenvalue weighted by atomic mass is 9.98. The van der Waals surface area contributed by atoms with Gasteiger partial charge in [-0.1, -0.05) is 12.1 Å². The van der Waals surface area contributed by atoms with Crippen molar-refractivity contribution in [2.75, 3.05) is 5.73 Å². The average molecular weight is 251 g/mol. The summed E-state index contributed by atoms with van der Waals surface area (Å²) in [6.07, 6.45) is 0. The summed E-state index contributed by atoms with van der Waals surface area (Å²) in [5.74, 6) is -3.40. The minimum absolute atomic E-state index is 0.316. The lowest BCUT2D eigenvalue weighted by molar-refractivity contribution is -0.162. The Kier molecular flexibility index (Phi) is 3.96. The van der Waals surface area contributed by atoms with Gasteiger partial charge in [0.1, 0.15) is 5.60 Å². The largest absolute Gasteiger partial charge is 0.480 e. The molecule has 1 unspecified atom stereocenters. The van der Waals surface area contributed by atoms with Crippen LogP contribution in [-0.2, 0) is 14.3 Å². The molecule has 18 heavy (non-hydrogen) atoms. The van der Waals surface area contributed by atoms with Gasteiger partial charge in [0.25, 0.3) is 0 Å². The van der Waals surface area contributed by atoms with Crippen molar-refractivity contribution in [3.05, 3.63) is 29.8 Å². The summed E-state index contributed by atoms with van der Waals surface area (Å²) in [5, 5.41) is 9.14. The molecule has 0 aliphatic rings. The molecule has 0 aliphatic carbocycles. The maximum absolute atomic E-state index is 11.9. The van der Waals surface area contributed by atoms with Gasteiger partial charge < -0.3 is 15.6 Å². The van der Waals surface area contributed by atoms with Gasteiger partial charge in [-0.25, -0.2) is 0 Å². The van der Waals surface area contributed by atoms with E-state index < -0.39 is 23.5 Å². The number of aliphatic carboxylic acids is 1. The van der Waals surface area contributed by atoms with Crippen LogP contribution in [-0.4, -0.2) is 22.6 Å². The molecule has 0 saturated heterocycles. The van der Waals surface area contributed by atoms with Crippen LogP contribution in [0.5, 0.6) is 0 Å². The molecule has 0 bridgehead atoms. The topological polar surface area (TPSA) is 89.6 Å². The molecule has 5 nitrogen and oxygen atoms in total. The first-order valence-corrected chi connectivity index (χ1v) is 5.52. The first kappa shape index (κ1) is 14.0. The lowest BCUT2D eigenvalue weighted by Gasteiger charge is -2.22. The van der Waals surface area contributed by atoms with Crippen molar-refractivity contribution >= 4 is 17.6 Å². The van der Waals surface area contributed by atoms with Gasteiger partial charge in [0.05, 0.1) is 0 Å². The summed E-state index contributed by atoms with van der Waals surface area (Å²) in [7, 11) is 0. The molecule has 5 heteroatoms. The molecule has 3 N–H and O–H groups in total. The Labute approximate surface area is 106 Å². The third-order valence-electron chi connectivity index (χ3n) is 2.13. The van der Waals surface area contributed by atoms with Gasteiger partial charge in [-0.3, -0.25) is 9.59 Å². The fourth-order valence-corrected chi connectivity index (χ4v) is 1.48. The van der Waals surface area contributed by atoms with Gasteiger partial charge >= 0.3 is 11.9 Å². The van der Waals surface area contributed by atoms with Crippen LogP contribution in [0.4, 0.5) is 5.69 Å². The molecular weight excluding hydrogens is 234 g/mol. The molecule has 1 rings (SSSR count). The van der Waals surface area contributed by atoms with Gasteiger partial charge in [-0.15, -0.1) is 0 Å². The first-order valence-electron chi connectivity index (χ1n) is 5.52. The van der Waals surface area contributed by atoms with Crippen LogP contribution in [0.15, 0.2) is 24.3 Å². The van der Waals surface area contributed by atoms with Crippen LogP contribution >= 0.6 is 0 Å². The number of nitrogens with two attached hydrogens (primary N) is 1. The second kappa shape index (κ2) is 5.08. The first-order chi connectivity index (χ1) is 8.20. The van der Waals surface area contributed by atoms with Crippen LogP contribution in [0, 0.1) is 0 Å². The predicted octanol–water partition coefficient (Wildman–Crippen LogP) is 1.78. The predicted molar refractivity (Wildman–Crippen MR) is 67.1 cm³/mol. The van der Waals surface area contributed by atoms with Crippen molar-refractivity contribution in [2.24, 2.45) is 0 Å². The average Bonchev–Trinajstić information content (AvgIpc) is 2.13. The number of hydrogen-bond acceptors (Lipinski definition) is 4. The SMILES string of the molecule is CC(C)(C)OC(=O)C(C(=O)O)c1cccc(N)c1. The minimum atomic E-state index is -1.35. The Bertz CT molecular complexity index is 462. The molecule has 98 valence electrons. The molecule has 0 aromatic heterocycles. The number of carboxylic acid groups (broad SMARTS) is 1. The Morgan fingerprint density at radius 3 is 2.39 bits per heavy atom. The Balaban J connectivity index is 3.04. The van der Waals surface area contributed by atoms with Gasteiger partial charge in [-0.05, 0) is 38.5 Å². The molecule has 0 amide bonds. The van der Waals surface area contributed by atoms with E-state index in [0.29, 0.717) is 11.3 Å². The molecule has 1 aromatic rings. The number of carbonyl (C=O) groups excluding carboxylic acids is 1. The molecular formula is C13H17NO4. The van der Waals surface area contributed by atoms with E-state index in [1.165, 1.54) is 6.07 Å². The van der Waals surface area contributed by atoms with Crippen molar-refractivity contribution in [2.45, 2.75) is 32.3 Å². The van der Waals surface area contributed by atoms with Crippen LogP contribution < -0.4 is 5.73 Å². The Morgan fingerprint density at radius 2 is 1.94 bits per heavy atom. The monoisotopic (exact) mass is 251 g/mol. The van der Waals surface area contributed by atoms with E-state index >= 15 is 0 Å². The summed E-state index contributed by atoms with van der Waals surface area (Å²) in [4.78, 5) is 23.1. The highest BCUT2D eigenvalue weighted by Gasteiger charge is 2.32. The quantitative estimate of drug-likeness (QED) is 0.485. The second-order valence-electron chi connectivity index (χ2n) is 4.97. The highest BCUT2D eigenvalue weighted by Crippen LogP contribution is 2.22. The number of ether oxygens (including phenoxy) is 1. The van der Waals surface area contributed by atoms with Crippen LogP contribution in [0.1, 0.15) is 32.3 Å². The maximum atomic E-state index is 11.9. The normalized spacial score (nSPS) is 12.8. The fraction of sp³-hybridized carbons (Fsp3) is 0.385. The third-order valence-corrected chi connectivity index (χ3v) is 2.13. The molecule has 0 radical (unpaired) electrons. The Hall–Kier alpha value is -2.04. The van der Waals surface area contributed by atoms with Crippen molar-refractivity contribution in [3.8, 4) is 0 Å².